The van der Waals surface area contributed by atoms with Crippen molar-refractivity contribution in [3.05, 3.63) is 90.0 Å². The first-order valence-electron chi connectivity index (χ1n) is 14.5. The van der Waals surface area contributed by atoms with E-state index in [1.807, 2.05) is 78.9 Å². The van der Waals surface area contributed by atoms with Gasteiger partial charge in [-0.25, -0.2) is 4.79 Å². The van der Waals surface area contributed by atoms with Gasteiger partial charge in [0.25, 0.3) is 0 Å². The van der Waals surface area contributed by atoms with Crippen molar-refractivity contribution in [2.24, 2.45) is 5.92 Å². The van der Waals surface area contributed by atoms with E-state index in [4.69, 9.17) is 4.74 Å². The maximum absolute atomic E-state index is 12.6. The summed E-state index contributed by atoms with van der Waals surface area (Å²) in [5.74, 6) is 0.983. The van der Waals surface area contributed by atoms with Crippen LogP contribution in [-0.2, 0) is 11.3 Å². The number of ketones is 1. The summed E-state index contributed by atoms with van der Waals surface area (Å²) in [6, 6.07) is 25.7. The molecular formula is C33H40N4O3. The summed E-state index contributed by atoms with van der Waals surface area (Å²) in [4.78, 5) is 27.5. The average molecular weight is 541 g/mol. The SMILES string of the molecule is O=C(Nc1ccccc1-c1ccccc1)OC1CCN(CCNCC(=O)c2ccc(CNCC3CC3)cc2)CC1. The third-order valence-electron chi connectivity index (χ3n) is 7.68. The van der Waals surface area contributed by atoms with Gasteiger partial charge in [0.1, 0.15) is 6.10 Å². The number of amides is 1. The van der Waals surface area contributed by atoms with Crippen molar-refractivity contribution < 1.29 is 14.3 Å². The van der Waals surface area contributed by atoms with Gasteiger partial charge >= 0.3 is 6.09 Å². The van der Waals surface area contributed by atoms with Crippen LogP contribution in [-0.4, -0.2) is 62.1 Å². The Balaban J connectivity index is 0.964. The Kier molecular flexibility index (Phi) is 9.96. The minimum atomic E-state index is -0.412. The standard InChI is InChI=1S/C33H40N4O3/c38-32(28-14-12-26(13-15-28)23-35-22-25-10-11-25)24-34-18-21-37-19-16-29(17-20-37)40-33(39)36-31-9-5-4-8-30(31)27-6-2-1-3-7-27/h1-9,12-15,25,29,34-35H,10-11,16-24H2,(H,36,39). The van der Waals surface area contributed by atoms with Crippen LogP contribution >= 0.6 is 0 Å². The normalized spacial score (nSPS) is 16.0. The molecule has 1 aliphatic carbocycles. The van der Waals surface area contributed by atoms with Gasteiger partial charge in [-0.1, -0.05) is 72.8 Å². The summed E-state index contributed by atoms with van der Waals surface area (Å²) in [6.45, 7) is 5.63. The lowest BCUT2D eigenvalue weighted by Crippen LogP contribution is -2.42. The van der Waals surface area contributed by atoms with Gasteiger partial charge in [-0.05, 0) is 55.3 Å². The maximum Gasteiger partial charge on any atom is 0.411 e. The molecule has 0 radical (unpaired) electrons. The van der Waals surface area contributed by atoms with Crippen molar-refractivity contribution in [2.75, 3.05) is 44.6 Å². The molecule has 7 nitrogen and oxygen atoms in total. The molecule has 0 unspecified atom stereocenters. The number of rotatable bonds is 13. The van der Waals surface area contributed by atoms with Gasteiger partial charge in [-0.15, -0.1) is 0 Å². The van der Waals surface area contributed by atoms with Gasteiger partial charge in [-0.3, -0.25) is 10.1 Å². The molecule has 0 spiro atoms. The highest BCUT2D eigenvalue weighted by Crippen LogP contribution is 2.28. The lowest BCUT2D eigenvalue weighted by atomic mass is 10.0. The number of benzene rings is 3. The van der Waals surface area contributed by atoms with E-state index in [9.17, 15) is 9.59 Å². The molecule has 3 aromatic rings. The van der Waals surface area contributed by atoms with E-state index >= 15 is 0 Å². The molecule has 0 atom stereocenters. The first-order valence-corrected chi connectivity index (χ1v) is 14.5. The number of anilines is 1. The van der Waals surface area contributed by atoms with Crippen molar-refractivity contribution in [1.82, 2.24) is 15.5 Å². The zero-order chi connectivity index (χ0) is 27.6. The van der Waals surface area contributed by atoms with Crippen LogP contribution in [0.2, 0.25) is 0 Å². The minimum Gasteiger partial charge on any atom is -0.446 e. The van der Waals surface area contributed by atoms with Crippen LogP contribution in [0.4, 0.5) is 10.5 Å². The third-order valence-corrected chi connectivity index (χ3v) is 7.68. The predicted molar refractivity (Wildman–Crippen MR) is 160 cm³/mol. The molecule has 2 fully saturated rings. The second-order valence-corrected chi connectivity index (χ2v) is 10.9. The number of Topliss-reactive ketones (excluding diaryl/α,β-unsaturated/α-hetero) is 1. The number of carbonyl (C=O) groups excluding carboxylic acids is 2. The molecule has 2 aliphatic rings. The fourth-order valence-corrected chi connectivity index (χ4v) is 5.10. The van der Waals surface area contributed by atoms with E-state index in [0.29, 0.717) is 6.54 Å². The van der Waals surface area contributed by atoms with E-state index in [1.54, 1.807) is 0 Å². The molecular weight excluding hydrogens is 500 g/mol. The van der Waals surface area contributed by atoms with E-state index in [1.165, 1.54) is 18.4 Å². The van der Waals surface area contributed by atoms with Gasteiger partial charge in [0.15, 0.2) is 5.78 Å². The van der Waals surface area contributed by atoms with Gasteiger partial charge < -0.3 is 20.3 Å². The largest absolute Gasteiger partial charge is 0.446 e. The van der Waals surface area contributed by atoms with Crippen LogP contribution in [0.25, 0.3) is 11.1 Å². The topological polar surface area (TPSA) is 82.7 Å². The van der Waals surface area contributed by atoms with Crippen molar-refractivity contribution in [2.45, 2.75) is 38.3 Å². The van der Waals surface area contributed by atoms with E-state index in [2.05, 4.69) is 20.9 Å². The number of nitrogens with one attached hydrogen (secondary N) is 3. The van der Waals surface area contributed by atoms with E-state index < -0.39 is 6.09 Å². The quantitative estimate of drug-likeness (QED) is 0.201. The number of piperidine rings is 1. The molecule has 0 bridgehead atoms. The van der Waals surface area contributed by atoms with Gasteiger partial charge in [-0.2, -0.15) is 0 Å². The Morgan fingerprint density at radius 3 is 2.30 bits per heavy atom. The number of para-hydroxylation sites is 1. The van der Waals surface area contributed by atoms with Crippen molar-refractivity contribution in [3.63, 3.8) is 0 Å². The number of hydrogen-bond acceptors (Lipinski definition) is 6. The second-order valence-electron chi connectivity index (χ2n) is 10.9. The van der Waals surface area contributed by atoms with E-state index in [0.717, 1.165) is 80.4 Å². The maximum atomic E-state index is 12.6. The van der Waals surface area contributed by atoms with Crippen LogP contribution in [0.3, 0.4) is 0 Å². The van der Waals surface area contributed by atoms with Crippen LogP contribution in [0.5, 0.6) is 0 Å². The predicted octanol–water partition coefficient (Wildman–Crippen LogP) is 5.34. The number of nitrogens with zero attached hydrogens (tertiary/aromatic N) is 1. The number of hydrogen-bond donors (Lipinski definition) is 3. The van der Waals surface area contributed by atoms with Crippen molar-refractivity contribution in [3.8, 4) is 11.1 Å². The Hall–Kier alpha value is -3.52. The fourth-order valence-electron chi connectivity index (χ4n) is 5.10. The molecule has 40 heavy (non-hydrogen) atoms. The Morgan fingerprint density at radius 2 is 1.55 bits per heavy atom. The third kappa shape index (κ3) is 8.49. The lowest BCUT2D eigenvalue weighted by Gasteiger charge is -2.31. The fraction of sp³-hybridized carbons (Fsp3) is 0.394. The molecule has 210 valence electrons. The summed E-state index contributed by atoms with van der Waals surface area (Å²) < 4.78 is 5.74. The molecule has 0 aromatic heterocycles. The van der Waals surface area contributed by atoms with Gasteiger partial charge in [0, 0.05) is 43.9 Å². The van der Waals surface area contributed by atoms with Crippen molar-refractivity contribution in [1.29, 1.82) is 0 Å². The minimum absolute atomic E-state index is 0.0958. The van der Waals surface area contributed by atoms with Gasteiger partial charge in [0.2, 0.25) is 0 Å². The smallest absolute Gasteiger partial charge is 0.411 e. The van der Waals surface area contributed by atoms with Crippen LogP contribution in [0.1, 0.15) is 41.6 Å². The Morgan fingerprint density at radius 1 is 0.825 bits per heavy atom. The molecule has 1 amide bonds. The lowest BCUT2D eigenvalue weighted by molar-refractivity contribution is 0.0593. The van der Waals surface area contributed by atoms with Gasteiger partial charge in [0.05, 0.1) is 12.2 Å². The highest BCUT2D eigenvalue weighted by molar-refractivity contribution is 5.97. The molecule has 1 saturated heterocycles. The first kappa shape index (κ1) is 28.0. The molecule has 5 rings (SSSR count). The average Bonchev–Trinajstić information content (AvgIpc) is 3.82. The van der Waals surface area contributed by atoms with E-state index in [-0.39, 0.29) is 11.9 Å². The zero-order valence-corrected chi connectivity index (χ0v) is 23.1. The van der Waals surface area contributed by atoms with Crippen LogP contribution in [0.15, 0.2) is 78.9 Å². The van der Waals surface area contributed by atoms with Crippen molar-refractivity contribution >= 4 is 17.6 Å². The zero-order valence-electron chi connectivity index (χ0n) is 23.1. The molecule has 3 N–H and O–H groups in total. The highest BCUT2D eigenvalue weighted by atomic mass is 16.6. The Bertz CT molecular complexity index is 1240. The summed E-state index contributed by atoms with van der Waals surface area (Å²) in [5, 5.41) is 9.71. The number of ether oxygens (including phenoxy) is 1. The Labute approximate surface area is 237 Å². The summed E-state index contributed by atoms with van der Waals surface area (Å²) in [6.07, 6.45) is 3.80. The monoisotopic (exact) mass is 540 g/mol. The molecule has 1 heterocycles. The molecule has 3 aromatic carbocycles. The molecule has 7 heteroatoms. The first-order chi connectivity index (χ1) is 19.6. The summed E-state index contributed by atoms with van der Waals surface area (Å²) in [7, 11) is 0. The second kappa shape index (κ2) is 14.2. The number of carbonyl (C=O) groups is 2. The molecule has 1 aliphatic heterocycles. The number of likely N-dealkylation sites (tertiary alicyclic amines) is 1. The summed E-state index contributed by atoms with van der Waals surface area (Å²) in [5.41, 5.74) is 4.72. The van der Waals surface area contributed by atoms with Crippen LogP contribution in [0, 0.1) is 5.92 Å². The van der Waals surface area contributed by atoms with Crippen LogP contribution < -0.4 is 16.0 Å². The summed E-state index contributed by atoms with van der Waals surface area (Å²) >= 11 is 0. The highest BCUT2D eigenvalue weighted by Gasteiger charge is 2.23. The molecule has 1 saturated carbocycles.